The molecule has 9 heteroatoms. The molecule has 1 unspecified atom stereocenters. The maximum Gasteiger partial charge on any atom is 0.410 e. The molecule has 0 bridgehead atoms. The van der Waals surface area contributed by atoms with Crippen LogP contribution < -0.4 is 5.32 Å². The fourth-order valence-corrected chi connectivity index (χ4v) is 4.19. The Morgan fingerprint density at radius 3 is 2.29 bits per heavy atom. The summed E-state index contributed by atoms with van der Waals surface area (Å²) in [5.74, 6) is -1.61. The molecular weight excluding hydrogens is 450 g/mol. The molecule has 1 heterocycles. The van der Waals surface area contributed by atoms with Crippen molar-refractivity contribution < 1.29 is 28.7 Å². The molecule has 1 aromatic carbocycles. The van der Waals surface area contributed by atoms with Crippen LogP contribution in [0.25, 0.3) is 0 Å². The van der Waals surface area contributed by atoms with Crippen molar-refractivity contribution >= 4 is 23.9 Å². The number of rotatable bonds is 8. The van der Waals surface area contributed by atoms with E-state index >= 15 is 0 Å². The summed E-state index contributed by atoms with van der Waals surface area (Å²) in [6.07, 6.45) is 0.596. The van der Waals surface area contributed by atoms with Crippen LogP contribution in [0, 0.1) is 5.92 Å². The van der Waals surface area contributed by atoms with Crippen LogP contribution in [0.4, 0.5) is 4.79 Å². The van der Waals surface area contributed by atoms with Gasteiger partial charge >= 0.3 is 12.1 Å². The van der Waals surface area contributed by atoms with Gasteiger partial charge in [-0.25, -0.2) is 9.59 Å². The van der Waals surface area contributed by atoms with E-state index in [0.29, 0.717) is 19.4 Å². The van der Waals surface area contributed by atoms with E-state index in [-0.39, 0.29) is 18.4 Å². The van der Waals surface area contributed by atoms with Gasteiger partial charge in [-0.05, 0) is 52.0 Å². The van der Waals surface area contributed by atoms with Crippen LogP contribution in [0.2, 0.25) is 0 Å². The van der Waals surface area contributed by atoms with Crippen molar-refractivity contribution in [3.63, 3.8) is 0 Å². The second-order valence-electron chi connectivity index (χ2n) is 10.2. The van der Waals surface area contributed by atoms with Gasteiger partial charge in [-0.3, -0.25) is 14.5 Å². The molecule has 1 saturated heterocycles. The zero-order chi connectivity index (χ0) is 26.3. The summed E-state index contributed by atoms with van der Waals surface area (Å²) in [6.45, 7) is 11.1. The second kappa shape index (κ2) is 12.0. The zero-order valence-corrected chi connectivity index (χ0v) is 21.9. The molecule has 1 aliphatic heterocycles. The van der Waals surface area contributed by atoms with E-state index in [1.807, 2.05) is 44.2 Å². The molecule has 1 aliphatic rings. The normalized spacial score (nSPS) is 17.5. The van der Waals surface area contributed by atoms with Crippen LogP contribution in [0.15, 0.2) is 30.3 Å². The van der Waals surface area contributed by atoms with E-state index in [2.05, 4.69) is 5.32 Å². The second-order valence-corrected chi connectivity index (χ2v) is 10.2. The van der Waals surface area contributed by atoms with Gasteiger partial charge < -0.3 is 19.7 Å². The van der Waals surface area contributed by atoms with Crippen molar-refractivity contribution in [2.75, 3.05) is 13.7 Å². The van der Waals surface area contributed by atoms with E-state index in [0.717, 1.165) is 5.56 Å². The maximum atomic E-state index is 14.0. The van der Waals surface area contributed by atoms with Gasteiger partial charge in [0.15, 0.2) is 0 Å². The Bertz CT molecular complexity index is 896. The quantitative estimate of drug-likeness (QED) is 0.563. The Morgan fingerprint density at radius 1 is 1.11 bits per heavy atom. The number of benzene rings is 1. The molecule has 0 aliphatic carbocycles. The van der Waals surface area contributed by atoms with E-state index in [9.17, 15) is 19.2 Å². The number of amides is 3. The lowest BCUT2D eigenvalue weighted by Gasteiger charge is -2.37. The highest BCUT2D eigenvalue weighted by atomic mass is 16.6. The molecule has 3 amide bonds. The summed E-state index contributed by atoms with van der Waals surface area (Å²) in [7, 11) is 1.25. The molecule has 0 radical (unpaired) electrons. The maximum absolute atomic E-state index is 14.0. The number of nitrogens with one attached hydrogen (secondary N) is 1. The zero-order valence-electron chi connectivity index (χ0n) is 21.9. The summed E-state index contributed by atoms with van der Waals surface area (Å²) in [4.78, 5) is 55.0. The van der Waals surface area contributed by atoms with E-state index in [4.69, 9.17) is 9.47 Å². The average molecular weight is 490 g/mol. The minimum absolute atomic E-state index is 0.182. The number of carbonyl (C=O) groups excluding carboxylic acids is 4. The Hall–Kier alpha value is -3.10. The topological polar surface area (TPSA) is 105 Å². The van der Waals surface area contributed by atoms with E-state index in [1.54, 1.807) is 20.8 Å². The molecule has 3 atom stereocenters. The van der Waals surface area contributed by atoms with Crippen molar-refractivity contribution in [2.24, 2.45) is 5.92 Å². The summed E-state index contributed by atoms with van der Waals surface area (Å²) in [5, 5.41) is 2.68. The largest absolute Gasteiger partial charge is 0.467 e. The van der Waals surface area contributed by atoms with Crippen molar-refractivity contribution in [2.45, 2.75) is 84.7 Å². The van der Waals surface area contributed by atoms with Crippen molar-refractivity contribution in [3.05, 3.63) is 35.9 Å². The van der Waals surface area contributed by atoms with Gasteiger partial charge in [-0.2, -0.15) is 0 Å². The Morgan fingerprint density at radius 2 is 1.74 bits per heavy atom. The first-order chi connectivity index (χ1) is 16.4. The molecule has 9 nitrogen and oxygen atoms in total. The number of methoxy groups -OCH3 is 1. The van der Waals surface area contributed by atoms with Gasteiger partial charge in [-0.1, -0.05) is 44.2 Å². The number of esters is 1. The first-order valence-electron chi connectivity index (χ1n) is 12.1. The molecule has 35 heavy (non-hydrogen) atoms. The van der Waals surface area contributed by atoms with Crippen LogP contribution in [-0.4, -0.2) is 71.1 Å². The van der Waals surface area contributed by atoms with Gasteiger partial charge in [0.2, 0.25) is 11.8 Å². The van der Waals surface area contributed by atoms with Crippen LogP contribution in [0.5, 0.6) is 0 Å². The molecular formula is C26H39N3O6. The minimum atomic E-state index is -0.868. The summed E-state index contributed by atoms with van der Waals surface area (Å²) < 4.78 is 10.3. The number of ether oxygens (including phenoxy) is 2. The fourth-order valence-electron chi connectivity index (χ4n) is 4.19. The predicted octanol–water partition coefficient (Wildman–Crippen LogP) is 3.12. The molecule has 0 aromatic heterocycles. The SMILES string of the molecule is COC(=O)[C@H](C)NC(=O)C(C(C)C)N(Cc1ccccc1)C(=O)[C@@H]1CCCN1C(=O)OC(C)(C)C. The highest BCUT2D eigenvalue weighted by molar-refractivity contribution is 5.93. The monoisotopic (exact) mass is 489 g/mol. The third-order valence-electron chi connectivity index (χ3n) is 5.79. The summed E-state index contributed by atoms with van der Waals surface area (Å²) in [6, 6.07) is 6.90. The van der Waals surface area contributed by atoms with Gasteiger partial charge in [0, 0.05) is 13.1 Å². The molecule has 1 N–H and O–H groups in total. The summed E-state index contributed by atoms with van der Waals surface area (Å²) >= 11 is 0. The number of likely N-dealkylation sites (tertiary alicyclic amines) is 1. The van der Waals surface area contributed by atoms with Crippen LogP contribution in [0.1, 0.15) is 59.9 Å². The standard InChI is InChI=1S/C26H39N3O6/c1-17(2)21(22(30)27-18(3)24(32)34-7)29(16-19-12-9-8-10-13-19)23(31)20-14-11-15-28(20)25(33)35-26(4,5)6/h8-10,12-13,17-18,20-21H,11,14-16H2,1-7H3,(H,27,30)/t18-,20-,21?/m0/s1. The van der Waals surface area contributed by atoms with Crippen molar-refractivity contribution in [3.8, 4) is 0 Å². The highest BCUT2D eigenvalue weighted by Gasteiger charge is 2.42. The molecule has 2 rings (SSSR count). The fraction of sp³-hybridized carbons (Fsp3) is 0.615. The molecule has 1 aromatic rings. The first-order valence-corrected chi connectivity index (χ1v) is 12.1. The lowest BCUT2D eigenvalue weighted by molar-refractivity contribution is -0.149. The smallest absolute Gasteiger partial charge is 0.410 e. The van der Waals surface area contributed by atoms with Gasteiger partial charge in [0.05, 0.1) is 7.11 Å². The summed E-state index contributed by atoms with van der Waals surface area (Å²) in [5.41, 5.74) is 0.156. The van der Waals surface area contributed by atoms with E-state index < -0.39 is 41.7 Å². The average Bonchev–Trinajstić information content (AvgIpc) is 3.27. The number of nitrogens with zero attached hydrogens (tertiary/aromatic N) is 2. The number of carbonyl (C=O) groups is 4. The Balaban J connectivity index is 2.39. The molecule has 0 spiro atoms. The third-order valence-corrected chi connectivity index (χ3v) is 5.79. The minimum Gasteiger partial charge on any atom is -0.467 e. The third kappa shape index (κ3) is 7.70. The molecule has 1 fully saturated rings. The Kier molecular flexibility index (Phi) is 9.68. The molecule has 194 valence electrons. The predicted molar refractivity (Wildman–Crippen MR) is 131 cm³/mol. The van der Waals surface area contributed by atoms with E-state index in [1.165, 1.54) is 23.8 Å². The molecule has 0 saturated carbocycles. The number of hydrogen-bond acceptors (Lipinski definition) is 6. The highest BCUT2D eigenvalue weighted by Crippen LogP contribution is 2.26. The lowest BCUT2D eigenvalue weighted by atomic mass is 9.98. The van der Waals surface area contributed by atoms with Crippen LogP contribution in [0.3, 0.4) is 0 Å². The van der Waals surface area contributed by atoms with Crippen molar-refractivity contribution in [1.29, 1.82) is 0 Å². The number of hydrogen-bond donors (Lipinski definition) is 1. The van der Waals surface area contributed by atoms with Crippen LogP contribution in [-0.2, 0) is 30.4 Å². The van der Waals surface area contributed by atoms with Gasteiger partial charge in [-0.15, -0.1) is 0 Å². The lowest BCUT2D eigenvalue weighted by Crippen LogP contribution is -2.58. The van der Waals surface area contributed by atoms with Gasteiger partial charge in [0.25, 0.3) is 0 Å². The first kappa shape index (κ1) is 28.1. The van der Waals surface area contributed by atoms with Gasteiger partial charge in [0.1, 0.15) is 23.7 Å². The Labute approximate surface area is 208 Å². The van der Waals surface area contributed by atoms with Crippen LogP contribution >= 0.6 is 0 Å². The van der Waals surface area contributed by atoms with Crippen molar-refractivity contribution in [1.82, 2.24) is 15.1 Å².